The van der Waals surface area contributed by atoms with Gasteiger partial charge in [-0.3, -0.25) is 9.58 Å². The van der Waals surface area contributed by atoms with Crippen LogP contribution in [-0.2, 0) is 17.2 Å². The van der Waals surface area contributed by atoms with Crippen LogP contribution in [0.2, 0.25) is 0 Å². The molecule has 0 fully saturated rings. The van der Waals surface area contributed by atoms with Gasteiger partial charge >= 0.3 is 0 Å². The van der Waals surface area contributed by atoms with Crippen molar-refractivity contribution >= 4 is 0 Å². The summed E-state index contributed by atoms with van der Waals surface area (Å²) in [7, 11) is 4.06. The monoisotopic (exact) mass is 296 g/mol. The Kier molecular flexibility index (Phi) is 6.38. The number of nitrogens with zero attached hydrogens (tertiary/aromatic N) is 3. The Hall–Kier alpha value is -0.910. The molecule has 5 heteroatoms. The number of aryl methyl sites for hydroxylation is 1. The predicted molar refractivity (Wildman–Crippen MR) is 87.4 cm³/mol. The molecule has 0 spiro atoms. The molecular formula is C16H32N4O. The highest BCUT2D eigenvalue weighted by molar-refractivity contribution is 5.27. The Morgan fingerprint density at radius 2 is 2.00 bits per heavy atom. The van der Waals surface area contributed by atoms with E-state index in [9.17, 15) is 0 Å². The van der Waals surface area contributed by atoms with E-state index >= 15 is 0 Å². The SMILES string of the molecule is CC(C)OCCN(C)C(CN)c1cn(C)nc1C(C)(C)C. The van der Waals surface area contributed by atoms with E-state index in [1.165, 1.54) is 5.56 Å². The van der Waals surface area contributed by atoms with Crippen LogP contribution in [-0.4, -0.2) is 47.5 Å². The van der Waals surface area contributed by atoms with E-state index in [1.807, 2.05) is 11.7 Å². The maximum Gasteiger partial charge on any atom is 0.0726 e. The van der Waals surface area contributed by atoms with Crippen molar-refractivity contribution in [1.82, 2.24) is 14.7 Å². The molecule has 0 saturated carbocycles. The van der Waals surface area contributed by atoms with E-state index in [-0.39, 0.29) is 17.6 Å². The summed E-state index contributed by atoms with van der Waals surface area (Å²) >= 11 is 0. The zero-order valence-corrected chi connectivity index (χ0v) is 14.7. The molecule has 122 valence electrons. The van der Waals surface area contributed by atoms with Gasteiger partial charge in [-0.15, -0.1) is 0 Å². The summed E-state index contributed by atoms with van der Waals surface area (Å²) in [6.45, 7) is 12.8. The van der Waals surface area contributed by atoms with Gasteiger partial charge in [-0.05, 0) is 20.9 Å². The lowest BCUT2D eigenvalue weighted by molar-refractivity contribution is 0.0563. The molecule has 2 N–H and O–H groups in total. The molecule has 5 nitrogen and oxygen atoms in total. The minimum Gasteiger partial charge on any atom is -0.377 e. The normalized spacial score (nSPS) is 14.2. The molecular weight excluding hydrogens is 264 g/mol. The number of rotatable bonds is 7. The lowest BCUT2D eigenvalue weighted by Gasteiger charge is -2.29. The molecule has 0 saturated heterocycles. The molecule has 0 radical (unpaired) electrons. The highest BCUT2D eigenvalue weighted by Gasteiger charge is 2.27. The first-order chi connectivity index (χ1) is 9.66. The van der Waals surface area contributed by atoms with Crippen molar-refractivity contribution in [3.8, 4) is 0 Å². The van der Waals surface area contributed by atoms with Crippen LogP contribution in [0.25, 0.3) is 0 Å². The van der Waals surface area contributed by atoms with Crippen LogP contribution in [0.4, 0.5) is 0 Å². The van der Waals surface area contributed by atoms with Gasteiger partial charge < -0.3 is 10.5 Å². The van der Waals surface area contributed by atoms with E-state index < -0.39 is 0 Å². The Morgan fingerprint density at radius 1 is 1.38 bits per heavy atom. The van der Waals surface area contributed by atoms with E-state index in [2.05, 4.69) is 57.9 Å². The molecule has 1 heterocycles. The van der Waals surface area contributed by atoms with Gasteiger partial charge in [0.2, 0.25) is 0 Å². The van der Waals surface area contributed by atoms with Gasteiger partial charge in [-0.2, -0.15) is 5.10 Å². The van der Waals surface area contributed by atoms with Crippen LogP contribution in [0.5, 0.6) is 0 Å². The fourth-order valence-corrected chi connectivity index (χ4v) is 2.47. The van der Waals surface area contributed by atoms with Gasteiger partial charge in [0.1, 0.15) is 0 Å². The molecule has 0 aliphatic heterocycles. The number of ether oxygens (including phenoxy) is 1. The molecule has 1 aromatic heterocycles. The summed E-state index contributed by atoms with van der Waals surface area (Å²) in [4.78, 5) is 2.26. The minimum absolute atomic E-state index is 0.0132. The van der Waals surface area contributed by atoms with Gasteiger partial charge in [-0.25, -0.2) is 0 Å². The summed E-state index contributed by atoms with van der Waals surface area (Å²) in [5, 5.41) is 4.64. The summed E-state index contributed by atoms with van der Waals surface area (Å²) in [6.07, 6.45) is 2.36. The fourth-order valence-electron chi connectivity index (χ4n) is 2.47. The second kappa shape index (κ2) is 7.38. The maximum atomic E-state index is 6.04. The van der Waals surface area contributed by atoms with Crippen molar-refractivity contribution in [2.75, 3.05) is 26.7 Å². The van der Waals surface area contributed by atoms with Crippen LogP contribution in [0, 0.1) is 0 Å². The third kappa shape index (κ3) is 5.09. The number of nitrogens with two attached hydrogens (primary N) is 1. The highest BCUT2D eigenvalue weighted by atomic mass is 16.5. The third-order valence-corrected chi connectivity index (χ3v) is 3.58. The second-order valence-corrected chi connectivity index (χ2v) is 7.01. The summed E-state index contributed by atoms with van der Waals surface area (Å²) in [5.74, 6) is 0. The molecule has 21 heavy (non-hydrogen) atoms. The van der Waals surface area contributed by atoms with Gasteiger partial charge in [0.05, 0.1) is 24.4 Å². The van der Waals surface area contributed by atoms with Gasteiger partial charge in [0, 0.05) is 37.3 Å². The van der Waals surface area contributed by atoms with Gasteiger partial charge in [0.25, 0.3) is 0 Å². The Morgan fingerprint density at radius 3 is 2.48 bits per heavy atom. The van der Waals surface area contributed by atoms with Crippen LogP contribution in [0.3, 0.4) is 0 Å². The van der Waals surface area contributed by atoms with E-state index in [1.54, 1.807) is 0 Å². The lowest BCUT2D eigenvalue weighted by atomic mass is 9.87. The second-order valence-electron chi connectivity index (χ2n) is 7.01. The van der Waals surface area contributed by atoms with Crippen molar-refractivity contribution in [3.63, 3.8) is 0 Å². The molecule has 1 aromatic rings. The van der Waals surface area contributed by atoms with E-state index in [0.29, 0.717) is 6.54 Å². The summed E-state index contributed by atoms with van der Waals surface area (Å²) < 4.78 is 7.53. The number of aromatic nitrogens is 2. The van der Waals surface area contributed by atoms with Crippen molar-refractivity contribution in [3.05, 3.63) is 17.5 Å². The van der Waals surface area contributed by atoms with Gasteiger partial charge in [0.15, 0.2) is 0 Å². The van der Waals surface area contributed by atoms with Crippen molar-refractivity contribution < 1.29 is 4.74 Å². The third-order valence-electron chi connectivity index (χ3n) is 3.58. The topological polar surface area (TPSA) is 56.3 Å². The maximum absolute atomic E-state index is 6.04. The minimum atomic E-state index is 0.0132. The first-order valence-corrected chi connectivity index (χ1v) is 7.72. The van der Waals surface area contributed by atoms with Crippen LogP contribution >= 0.6 is 0 Å². The zero-order valence-electron chi connectivity index (χ0n) is 14.7. The number of likely N-dealkylation sites (N-methyl/N-ethyl adjacent to an activating group) is 1. The summed E-state index contributed by atoms with van der Waals surface area (Å²) in [6, 6.07) is 0.170. The number of hydrogen-bond acceptors (Lipinski definition) is 4. The molecule has 0 aliphatic carbocycles. The van der Waals surface area contributed by atoms with E-state index in [4.69, 9.17) is 10.5 Å². The van der Waals surface area contributed by atoms with Crippen molar-refractivity contribution in [2.45, 2.75) is 52.2 Å². The van der Waals surface area contributed by atoms with Crippen molar-refractivity contribution in [1.29, 1.82) is 0 Å². The summed E-state index contributed by atoms with van der Waals surface area (Å²) in [5.41, 5.74) is 8.40. The Bertz CT molecular complexity index is 434. The average Bonchev–Trinajstić information content (AvgIpc) is 2.71. The molecule has 1 rings (SSSR count). The zero-order chi connectivity index (χ0) is 16.2. The Balaban J connectivity index is 2.89. The lowest BCUT2D eigenvalue weighted by Crippen LogP contribution is -2.34. The quantitative estimate of drug-likeness (QED) is 0.837. The highest BCUT2D eigenvalue weighted by Crippen LogP contribution is 2.30. The average molecular weight is 296 g/mol. The first kappa shape index (κ1) is 18.1. The number of hydrogen-bond donors (Lipinski definition) is 1. The molecule has 1 atom stereocenters. The first-order valence-electron chi connectivity index (χ1n) is 7.72. The van der Waals surface area contributed by atoms with Gasteiger partial charge in [-0.1, -0.05) is 20.8 Å². The molecule has 0 bridgehead atoms. The molecule has 0 amide bonds. The van der Waals surface area contributed by atoms with Crippen LogP contribution in [0.1, 0.15) is 51.9 Å². The van der Waals surface area contributed by atoms with Crippen molar-refractivity contribution in [2.24, 2.45) is 12.8 Å². The van der Waals surface area contributed by atoms with E-state index in [0.717, 1.165) is 18.8 Å². The molecule has 0 aliphatic rings. The molecule has 0 aromatic carbocycles. The fraction of sp³-hybridized carbons (Fsp3) is 0.812. The smallest absolute Gasteiger partial charge is 0.0726 e. The largest absolute Gasteiger partial charge is 0.377 e. The predicted octanol–water partition coefficient (Wildman–Crippen LogP) is 2.07. The molecule has 1 unspecified atom stereocenters. The standard InChI is InChI=1S/C16H32N4O/c1-12(2)21-9-8-19(6)14(10-17)13-11-20(7)18-15(13)16(3,4)5/h11-12,14H,8-10,17H2,1-7H3. The van der Waals surface area contributed by atoms with Crippen LogP contribution < -0.4 is 5.73 Å². The van der Waals surface area contributed by atoms with Crippen LogP contribution in [0.15, 0.2) is 6.20 Å². The Labute approximate surface area is 129 Å².